The van der Waals surface area contributed by atoms with Gasteiger partial charge >= 0.3 is 0 Å². The maximum Gasteiger partial charge on any atom is 0.0995 e. The smallest absolute Gasteiger partial charge is 0.0995 e. The Morgan fingerprint density at radius 2 is 2.07 bits per heavy atom. The molecule has 1 aliphatic heterocycles. The summed E-state index contributed by atoms with van der Waals surface area (Å²) in [4.78, 5) is 2.38. The van der Waals surface area contributed by atoms with Gasteiger partial charge in [-0.1, -0.05) is 6.07 Å². The van der Waals surface area contributed by atoms with E-state index in [2.05, 4.69) is 37.8 Å². The zero-order valence-electron chi connectivity index (χ0n) is 9.54. The number of nitriles is 1. The zero-order valence-corrected chi connectivity index (χ0v) is 9.54. The van der Waals surface area contributed by atoms with E-state index < -0.39 is 0 Å². The van der Waals surface area contributed by atoms with Crippen molar-refractivity contribution in [2.75, 3.05) is 11.4 Å². The van der Waals surface area contributed by atoms with E-state index in [-0.39, 0.29) is 5.54 Å². The molecule has 2 rings (SSSR count). The van der Waals surface area contributed by atoms with Gasteiger partial charge in [0.2, 0.25) is 0 Å². The number of fused-ring (bicyclic) bond motifs is 1. The summed E-state index contributed by atoms with van der Waals surface area (Å²) >= 11 is 0. The van der Waals surface area contributed by atoms with Crippen LogP contribution in [0.3, 0.4) is 0 Å². The van der Waals surface area contributed by atoms with Gasteiger partial charge in [-0.15, -0.1) is 0 Å². The highest BCUT2D eigenvalue weighted by Crippen LogP contribution is 2.34. The van der Waals surface area contributed by atoms with Crippen molar-refractivity contribution in [2.24, 2.45) is 0 Å². The van der Waals surface area contributed by atoms with Gasteiger partial charge in [0.15, 0.2) is 0 Å². The fourth-order valence-corrected chi connectivity index (χ4v) is 2.24. The zero-order chi connectivity index (χ0) is 11.1. The van der Waals surface area contributed by atoms with Gasteiger partial charge in [0.25, 0.3) is 0 Å². The standard InChI is InChI=1S/C13H16N2/c1-13(2,3)15-8-7-11-10(9-14)5-4-6-12(11)15/h4-6H,7-8H2,1-3H3. The normalized spacial score (nSPS) is 14.9. The molecule has 0 N–H and O–H groups in total. The number of anilines is 1. The van der Waals surface area contributed by atoms with Gasteiger partial charge in [0.1, 0.15) is 0 Å². The fourth-order valence-electron chi connectivity index (χ4n) is 2.24. The van der Waals surface area contributed by atoms with Crippen LogP contribution in [0.15, 0.2) is 18.2 Å². The molecular formula is C13H16N2. The predicted molar refractivity (Wildman–Crippen MR) is 62.0 cm³/mol. The number of nitrogens with zero attached hydrogens (tertiary/aromatic N) is 2. The van der Waals surface area contributed by atoms with Crippen molar-refractivity contribution in [1.29, 1.82) is 5.26 Å². The van der Waals surface area contributed by atoms with Crippen LogP contribution in [0.1, 0.15) is 31.9 Å². The Balaban J connectivity index is 2.50. The van der Waals surface area contributed by atoms with E-state index in [9.17, 15) is 0 Å². The summed E-state index contributed by atoms with van der Waals surface area (Å²) in [5, 5.41) is 9.02. The van der Waals surface area contributed by atoms with Crippen LogP contribution in [-0.2, 0) is 6.42 Å². The van der Waals surface area contributed by atoms with Crippen LogP contribution < -0.4 is 4.90 Å². The van der Waals surface area contributed by atoms with Gasteiger partial charge < -0.3 is 4.90 Å². The summed E-state index contributed by atoms with van der Waals surface area (Å²) in [6.45, 7) is 7.65. The third-order valence-electron chi connectivity index (χ3n) is 2.96. The maximum absolute atomic E-state index is 9.02. The lowest BCUT2D eigenvalue weighted by atomic mass is 10.0. The molecule has 1 heterocycles. The molecule has 0 spiro atoms. The molecule has 1 aliphatic rings. The maximum atomic E-state index is 9.02. The van der Waals surface area contributed by atoms with Crippen LogP contribution in [0.5, 0.6) is 0 Å². The Bertz CT molecular complexity index is 421. The van der Waals surface area contributed by atoms with Crippen LogP contribution in [0.25, 0.3) is 0 Å². The Labute approximate surface area is 91.1 Å². The first-order valence-electron chi connectivity index (χ1n) is 5.33. The van der Waals surface area contributed by atoms with Crippen molar-refractivity contribution in [3.63, 3.8) is 0 Å². The summed E-state index contributed by atoms with van der Waals surface area (Å²) in [6.07, 6.45) is 0.996. The highest BCUT2D eigenvalue weighted by molar-refractivity contribution is 5.64. The summed E-state index contributed by atoms with van der Waals surface area (Å²) in [5.41, 5.74) is 3.43. The van der Waals surface area contributed by atoms with Crippen LogP contribution in [0, 0.1) is 11.3 Å². The van der Waals surface area contributed by atoms with Crippen molar-refractivity contribution in [3.05, 3.63) is 29.3 Å². The molecule has 1 aromatic rings. The Morgan fingerprint density at radius 1 is 1.33 bits per heavy atom. The topological polar surface area (TPSA) is 27.0 Å². The van der Waals surface area contributed by atoms with E-state index in [1.54, 1.807) is 0 Å². The summed E-state index contributed by atoms with van der Waals surface area (Å²) in [5.74, 6) is 0. The molecule has 0 aliphatic carbocycles. The molecule has 0 saturated heterocycles. The predicted octanol–water partition coefficient (Wildman–Crippen LogP) is 2.72. The van der Waals surface area contributed by atoms with Crippen molar-refractivity contribution < 1.29 is 0 Å². The van der Waals surface area contributed by atoms with Gasteiger partial charge in [0.05, 0.1) is 11.6 Å². The Hall–Kier alpha value is -1.49. The minimum absolute atomic E-state index is 0.138. The van der Waals surface area contributed by atoms with E-state index in [1.807, 2.05) is 12.1 Å². The summed E-state index contributed by atoms with van der Waals surface area (Å²) in [7, 11) is 0. The van der Waals surface area contributed by atoms with E-state index >= 15 is 0 Å². The lowest BCUT2D eigenvalue weighted by Crippen LogP contribution is -2.40. The molecule has 0 bridgehead atoms. The molecule has 0 aromatic heterocycles. The monoisotopic (exact) mass is 200 g/mol. The van der Waals surface area contributed by atoms with Gasteiger partial charge in [-0.25, -0.2) is 0 Å². The molecule has 0 radical (unpaired) electrons. The average molecular weight is 200 g/mol. The van der Waals surface area contributed by atoms with Crippen molar-refractivity contribution in [2.45, 2.75) is 32.7 Å². The number of hydrogen-bond donors (Lipinski definition) is 0. The highest BCUT2D eigenvalue weighted by atomic mass is 15.2. The first-order valence-corrected chi connectivity index (χ1v) is 5.33. The number of benzene rings is 1. The largest absolute Gasteiger partial charge is 0.366 e. The van der Waals surface area contributed by atoms with Gasteiger partial charge in [-0.05, 0) is 44.9 Å². The van der Waals surface area contributed by atoms with Gasteiger partial charge in [-0.3, -0.25) is 0 Å². The molecule has 15 heavy (non-hydrogen) atoms. The van der Waals surface area contributed by atoms with E-state index in [4.69, 9.17) is 5.26 Å². The number of rotatable bonds is 0. The Morgan fingerprint density at radius 3 is 2.67 bits per heavy atom. The van der Waals surface area contributed by atoms with Crippen LogP contribution >= 0.6 is 0 Å². The SMILES string of the molecule is CC(C)(C)N1CCc2c(C#N)cccc21. The molecule has 78 valence electrons. The molecular weight excluding hydrogens is 184 g/mol. The van der Waals surface area contributed by atoms with Crippen LogP contribution in [0.2, 0.25) is 0 Å². The van der Waals surface area contributed by atoms with Crippen LogP contribution in [0.4, 0.5) is 5.69 Å². The van der Waals surface area contributed by atoms with E-state index in [0.717, 1.165) is 18.5 Å². The second-order valence-corrected chi connectivity index (χ2v) is 4.99. The molecule has 1 aromatic carbocycles. The average Bonchev–Trinajstić information content (AvgIpc) is 2.59. The molecule has 2 heteroatoms. The van der Waals surface area contributed by atoms with Crippen molar-refractivity contribution >= 4 is 5.69 Å². The van der Waals surface area contributed by atoms with E-state index in [1.165, 1.54) is 11.3 Å². The second-order valence-electron chi connectivity index (χ2n) is 4.99. The quantitative estimate of drug-likeness (QED) is 0.644. The first-order chi connectivity index (χ1) is 7.04. The van der Waals surface area contributed by atoms with Crippen molar-refractivity contribution in [3.8, 4) is 6.07 Å². The molecule has 0 saturated carbocycles. The minimum Gasteiger partial charge on any atom is -0.366 e. The fraction of sp³-hybridized carbons (Fsp3) is 0.462. The van der Waals surface area contributed by atoms with Gasteiger partial charge in [0, 0.05) is 17.8 Å². The van der Waals surface area contributed by atoms with Crippen LogP contribution in [-0.4, -0.2) is 12.1 Å². The first kappa shape index (κ1) is 10.0. The molecule has 0 atom stereocenters. The third kappa shape index (κ3) is 1.59. The highest BCUT2D eigenvalue weighted by Gasteiger charge is 2.29. The lowest BCUT2D eigenvalue weighted by Gasteiger charge is -2.34. The number of hydrogen-bond acceptors (Lipinski definition) is 2. The summed E-state index contributed by atoms with van der Waals surface area (Å²) in [6, 6.07) is 8.27. The molecule has 2 nitrogen and oxygen atoms in total. The third-order valence-corrected chi connectivity index (χ3v) is 2.96. The summed E-state index contributed by atoms with van der Waals surface area (Å²) < 4.78 is 0. The molecule has 0 unspecified atom stereocenters. The second kappa shape index (κ2) is 3.27. The van der Waals surface area contributed by atoms with Gasteiger partial charge in [-0.2, -0.15) is 5.26 Å². The molecule has 0 fully saturated rings. The van der Waals surface area contributed by atoms with Crippen molar-refractivity contribution in [1.82, 2.24) is 0 Å². The molecule has 0 amide bonds. The Kier molecular flexibility index (Phi) is 2.19. The van der Waals surface area contributed by atoms with E-state index in [0.29, 0.717) is 0 Å². The minimum atomic E-state index is 0.138. The lowest BCUT2D eigenvalue weighted by molar-refractivity contribution is 0.518.